The van der Waals surface area contributed by atoms with Gasteiger partial charge in [-0.3, -0.25) is 14.6 Å². The number of benzene rings is 2. The van der Waals surface area contributed by atoms with Crippen LogP contribution in [0.5, 0.6) is 0 Å². The fraction of sp³-hybridized carbons (Fsp3) is 0.167. The van der Waals surface area contributed by atoms with E-state index in [4.69, 9.17) is 0 Å². The summed E-state index contributed by atoms with van der Waals surface area (Å²) in [5.74, 6) is -0.594. The number of aliphatic imine (C=N–C) groups is 1. The molecule has 0 aromatic heterocycles. The summed E-state index contributed by atoms with van der Waals surface area (Å²) in [4.78, 5) is 29.9. The van der Waals surface area contributed by atoms with Crippen molar-refractivity contribution in [2.24, 2.45) is 4.99 Å². The minimum absolute atomic E-state index is 0.0302. The molecule has 1 aliphatic rings. The fourth-order valence-corrected chi connectivity index (χ4v) is 2.66. The highest BCUT2D eigenvalue weighted by atomic mass is 16.2. The summed E-state index contributed by atoms with van der Waals surface area (Å²) >= 11 is 0. The van der Waals surface area contributed by atoms with Gasteiger partial charge in [0.25, 0.3) is 5.91 Å². The molecule has 1 heterocycles. The van der Waals surface area contributed by atoms with Crippen LogP contribution >= 0.6 is 0 Å². The molecule has 2 aromatic carbocycles. The average Bonchev–Trinajstić information content (AvgIpc) is 2.64. The first-order valence-corrected chi connectivity index (χ1v) is 7.12. The molecule has 2 aromatic rings. The Bertz CT molecular complexity index is 779. The maximum absolute atomic E-state index is 12.3. The van der Waals surface area contributed by atoms with E-state index in [-0.39, 0.29) is 18.4 Å². The number of fused-ring (bicyclic) bond motifs is 1. The van der Waals surface area contributed by atoms with E-state index in [0.29, 0.717) is 5.69 Å². The van der Waals surface area contributed by atoms with Crippen molar-refractivity contribution in [3.8, 4) is 0 Å². The van der Waals surface area contributed by atoms with Crippen molar-refractivity contribution in [2.75, 3.05) is 11.4 Å². The normalized spacial score (nSPS) is 14.2. The van der Waals surface area contributed by atoms with E-state index >= 15 is 0 Å². The number of hydrogen-bond donors (Lipinski definition) is 0. The summed E-state index contributed by atoms with van der Waals surface area (Å²) in [6.07, 6.45) is 0. The van der Waals surface area contributed by atoms with Crippen molar-refractivity contribution in [1.29, 1.82) is 0 Å². The molecular formula is C18H16N2O2. The summed E-state index contributed by atoms with van der Waals surface area (Å²) in [5.41, 5.74) is 4.15. The van der Waals surface area contributed by atoms with Crippen LogP contribution in [-0.4, -0.2) is 24.1 Å². The van der Waals surface area contributed by atoms with E-state index in [1.54, 1.807) is 0 Å². The van der Waals surface area contributed by atoms with Gasteiger partial charge in [0.15, 0.2) is 0 Å². The fourth-order valence-electron chi connectivity index (χ4n) is 2.66. The molecule has 0 saturated carbocycles. The molecule has 1 aliphatic heterocycles. The van der Waals surface area contributed by atoms with Crippen LogP contribution in [0, 0.1) is 6.92 Å². The van der Waals surface area contributed by atoms with Crippen LogP contribution in [0.3, 0.4) is 0 Å². The monoisotopic (exact) mass is 292 g/mol. The van der Waals surface area contributed by atoms with Crippen LogP contribution in [-0.2, 0) is 9.59 Å². The smallest absolute Gasteiger partial charge is 0.255 e. The molecule has 3 rings (SSSR count). The van der Waals surface area contributed by atoms with Crippen LogP contribution in [0.25, 0.3) is 0 Å². The van der Waals surface area contributed by atoms with Crippen molar-refractivity contribution in [2.45, 2.75) is 13.8 Å². The number of aryl methyl sites for hydroxylation is 1. The molecule has 0 saturated heterocycles. The van der Waals surface area contributed by atoms with Crippen LogP contribution in [0.1, 0.15) is 23.6 Å². The van der Waals surface area contributed by atoms with Crippen molar-refractivity contribution < 1.29 is 9.59 Å². The highest BCUT2D eigenvalue weighted by molar-refractivity contribution is 6.24. The molecule has 0 N–H and O–H groups in total. The molecule has 0 spiro atoms. The average molecular weight is 292 g/mol. The standard InChI is InChI=1S/C18H16N2O2/c1-12-8-9-16-15(10-12)18(14-6-4-3-5-7-14)19-11-17(22)20(16)13(2)21/h3-10H,11H2,1-2H3. The summed E-state index contributed by atoms with van der Waals surface area (Å²) in [6, 6.07) is 15.4. The Morgan fingerprint density at radius 2 is 1.86 bits per heavy atom. The highest BCUT2D eigenvalue weighted by Gasteiger charge is 2.27. The van der Waals surface area contributed by atoms with E-state index < -0.39 is 0 Å². The lowest BCUT2D eigenvalue weighted by Gasteiger charge is -2.20. The Balaban J connectivity index is 2.25. The van der Waals surface area contributed by atoms with Crippen molar-refractivity contribution in [1.82, 2.24) is 0 Å². The molecule has 0 fully saturated rings. The van der Waals surface area contributed by atoms with E-state index in [2.05, 4.69) is 4.99 Å². The van der Waals surface area contributed by atoms with Gasteiger partial charge in [-0.2, -0.15) is 0 Å². The van der Waals surface area contributed by atoms with Gasteiger partial charge in [-0.25, -0.2) is 4.90 Å². The molecule has 0 bridgehead atoms. The largest absolute Gasteiger partial charge is 0.274 e. The number of carbonyl (C=O) groups is 2. The maximum Gasteiger partial charge on any atom is 0.255 e. The van der Waals surface area contributed by atoms with Gasteiger partial charge in [0, 0.05) is 18.1 Å². The maximum atomic E-state index is 12.3. The number of carbonyl (C=O) groups excluding carboxylic acids is 2. The summed E-state index contributed by atoms with van der Waals surface area (Å²) in [6.45, 7) is 3.35. The Labute approximate surface area is 129 Å². The van der Waals surface area contributed by atoms with Crippen molar-refractivity contribution in [3.63, 3.8) is 0 Å². The molecular weight excluding hydrogens is 276 g/mol. The summed E-state index contributed by atoms with van der Waals surface area (Å²) < 4.78 is 0. The predicted octanol–water partition coefficient (Wildman–Crippen LogP) is 2.73. The second kappa shape index (κ2) is 5.56. The molecule has 4 nitrogen and oxygen atoms in total. The number of anilines is 1. The minimum atomic E-state index is -0.302. The van der Waals surface area contributed by atoms with Crippen LogP contribution in [0.4, 0.5) is 5.69 Å². The van der Waals surface area contributed by atoms with E-state index in [9.17, 15) is 9.59 Å². The molecule has 0 radical (unpaired) electrons. The molecule has 2 amide bonds. The van der Waals surface area contributed by atoms with Gasteiger partial charge >= 0.3 is 0 Å². The third kappa shape index (κ3) is 2.44. The van der Waals surface area contributed by atoms with Gasteiger partial charge in [-0.1, -0.05) is 42.0 Å². The van der Waals surface area contributed by atoms with Gasteiger partial charge in [0.2, 0.25) is 5.91 Å². The zero-order chi connectivity index (χ0) is 15.7. The van der Waals surface area contributed by atoms with Gasteiger partial charge in [0.1, 0.15) is 6.54 Å². The van der Waals surface area contributed by atoms with E-state index in [1.165, 1.54) is 11.8 Å². The van der Waals surface area contributed by atoms with Crippen molar-refractivity contribution in [3.05, 3.63) is 65.2 Å². The number of benzodiazepines with no additional fused rings is 1. The number of nitrogens with zero attached hydrogens (tertiary/aromatic N) is 2. The SMILES string of the molecule is CC(=O)N1C(=O)CN=C(c2ccccc2)c2cc(C)ccc21. The lowest BCUT2D eigenvalue weighted by Crippen LogP contribution is -2.36. The van der Waals surface area contributed by atoms with Crippen molar-refractivity contribution >= 4 is 23.2 Å². The highest BCUT2D eigenvalue weighted by Crippen LogP contribution is 2.28. The zero-order valence-electron chi connectivity index (χ0n) is 12.5. The minimum Gasteiger partial charge on any atom is -0.274 e. The Morgan fingerprint density at radius 1 is 1.14 bits per heavy atom. The second-order valence-electron chi connectivity index (χ2n) is 5.30. The van der Waals surface area contributed by atoms with Gasteiger partial charge in [-0.05, 0) is 19.1 Å². The molecule has 0 aliphatic carbocycles. The van der Waals surface area contributed by atoms with Crippen LogP contribution in [0.15, 0.2) is 53.5 Å². The van der Waals surface area contributed by atoms with Gasteiger partial charge in [0.05, 0.1) is 11.4 Å². The third-order valence-electron chi connectivity index (χ3n) is 3.63. The first-order chi connectivity index (χ1) is 10.6. The summed E-state index contributed by atoms with van der Waals surface area (Å²) in [5, 5.41) is 0. The number of imide groups is 1. The Hall–Kier alpha value is -2.75. The lowest BCUT2D eigenvalue weighted by atomic mass is 9.98. The Kier molecular flexibility index (Phi) is 3.59. The first-order valence-electron chi connectivity index (χ1n) is 7.12. The number of hydrogen-bond acceptors (Lipinski definition) is 3. The molecule has 0 unspecified atom stereocenters. The van der Waals surface area contributed by atoms with Crippen LogP contribution < -0.4 is 4.90 Å². The van der Waals surface area contributed by atoms with Gasteiger partial charge in [-0.15, -0.1) is 0 Å². The molecule has 4 heteroatoms. The lowest BCUT2D eigenvalue weighted by molar-refractivity contribution is -0.124. The zero-order valence-corrected chi connectivity index (χ0v) is 12.5. The number of rotatable bonds is 1. The molecule has 22 heavy (non-hydrogen) atoms. The van der Waals surface area contributed by atoms with Gasteiger partial charge < -0.3 is 0 Å². The number of amides is 2. The van der Waals surface area contributed by atoms with Crippen LogP contribution in [0.2, 0.25) is 0 Å². The molecule has 110 valence electrons. The predicted molar refractivity (Wildman–Crippen MR) is 86.3 cm³/mol. The summed E-state index contributed by atoms with van der Waals surface area (Å²) in [7, 11) is 0. The van der Waals surface area contributed by atoms with E-state index in [1.807, 2.05) is 55.5 Å². The third-order valence-corrected chi connectivity index (χ3v) is 3.63. The van der Waals surface area contributed by atoms with E-state index in [0.717, 1.165) is 22.4 Å². The molecule has 0 atom stereocenters. The Morgan fingerprint density at radius 3 is 2.55 bits per heavy atom. The second-order valence-corrected chi connectivity index (χ2v) is 5.30. The quantitative estimate of drug-likeness (QED) is 0.811. The topological polar surface area (TPSA) is 49.7 Å². The first kappa shape index (κ1) is 14.2.